The normalized spacial score (nSPS) is 14.6. The summed E-state index contributed by atoms with van der Waals surface area (Å²) < 4.78 is 37.0. The molecule has 1 aliphatic rings. The van der Waals surface area contributed by atoms with Crippen LogP contribution in [0.5, 0.6) is 11.5 Å². The second-order valence-corrected chi connectivity index (χ2v) is 5.20. The zero-order valence-corrected chi connectivity index (χ0v) is 10.00. The Labute approximate surface area is 99.8 Å². The third-order valence-electron chi connectivity index (χ3n) is 2.26. The fourth-order valence-electron chi connectivity index (χ4n) is 1.53. The Bertz CT molecular complexity index is 501. The van der Waals surface area contributed by atoms with Gasteiger partial charge in [0.25, 0.3) is 0 Å². The van der Waals surface area contributed by atoms with Crippen molar-refractivity contribution in [2.45, 2.75) is 4.90 Å². The molecule has 1 aromatic carbocycles. The van der Waals surface area contributed by atoms with Crippen molar-refractivity contribution in [3.05, 3.63) is 18.2 Å². The lowest BCUT2D eigenvalue weighted by molar-refractivity contribution is 0.167. The maximum absolute atomic E-state index is 12.0. The number of benzene rings is 1. The fraction of sp³-hybridized carbons (Fsp3) is 0.400. The van der Waals surface area contributed by atoms with E-state index in [1.807, 2.05) is 0 Å². The van der Waals surface area contributed by atoms with Crippen molar-refractivity contribution in [1.82, 2.24) is 4.72 Å². The van der Waals surface area contributed by atoms with Crippen molar-refractivity contribution in [1.29, 1.82) is 0 Å². The lowest BCUT2D eigenvalue weighted by Gasteiger charge is -2.20. The minimum absolute atomic E-state index is 0.0863. The lowest BCUT2D eigenvalue weighted by atomic mass is 10.3. The standard InChI is InChI=1S/C10H14N2O4S/c11-4-5-12-17(13,14)9-3-1-2-8-10(9)16-7-6-15-8/h1-3,12H,4-7,11H2. The van der Waals surface area contributed by atoms with Crippen LogP contribution in [0.15, 0.2) is 23.1 Å². The van der Waals surface area contributed by atoms with Crippen LogP contribution in [-0.4, -0.2) is 34.7 Å². The molecule has 0 bridgehead atoms. The van der Waals surface area contributed by atoms with Crippen LogP contribution in [0.2, 0.25) is 0 Å². The van der Waals surface area contributed by atoms with E-state index in [4.69, 9.17) is 15.2 Å². The number of ether oxygens (including phenoxy) is 2. The smallest absolute Gasteiger partial charge is 0.244 e. The van der Waals surface area contributed by atoms with Gasteiger partial charge in [-0.25, -0.2) is 13.1 Å². The summed E-state index contributed by atoms with van der Waals surface area (Å²) in [5.74, 6) is 0.718. The molecule has 0 unspecified atom stereocenters. The van der Waals surface area contributed by atoms with Gasteiger partial charge in [-0.15, -0.1) is 0 Å². The van der Waals surface area contributed by atoms with Crippen molar-refractivity contribution < 1.29 is 17.9 Å². The van der Waals surface area contributed by atoms with E-state index in [0.29, 0.717) is 19.0 Å². The molecule has 0 atom stereocenters. The fourth-order valence-corrected chi connectivity index (χ4v) is 2.73. The molecule has 0 spiro atoms. The Morgan fingerprint density at radius 2 is 2.06 bits per heavy atom. The number of rotatable bonds is 4. The first-order valence-corrected chi connectivity index (χ1v) is 6.72. The minimum Gasteiger partial charge on any atom is -0.486 e. The highest BCUT2D eigenvalue weighted by Crippen LogP contribution is 2.35. The highest BCUT2D eigenvalue weighted by molar-refractivity contribution is 7.89. The molecule has 1 heterocycles. The monoisotopic (exact) mass is 258 g/mol. The Hall–Kier alpha value is -1.31. The zero-order chi connectivity index (χ0) is 12.3. The van der Waals surface area contributed by atoms with Crippen LogP contribution in [0, 0.1) is 0 Å². The Morgan fingerprint density at radius 1 is 1.29 bits per heavy atom. The maximum atomic E-state index is 12.0. The van der Waals surface area contributed by atoms with Gasteiger partial charge in [0.15, 0.2) is 11.5 Å². The molecule has 7 heteroatoms. The van der Waals surface area contributed by atoms with Gasteiger partial charge < -0.3 is 15.2 Å². The molecule has 6 nitrogen and oxygen atoms in total. The number of sulfonamides is 1. The summed E-state index contributed by atoms with van der Waals surface area (Å²) in [5.41, 5.74) is 5.27. The van der Waals surface area contributed by atoms with Crippen LogP contribution < -0.4 is 19.9 Å². The van der Waals surface area contributed by atoms with Crippen LogP contribution in [0.1, 0.15) is 0 Å². The van der Waals surface area contributed by atoms with Gasteiger partial charge in [-0.1, -0.05) is 6.07 Å². The molecule has 1 aliphatic heterocycles. The molecular weight excluding hydrogens is 244 g/mol. The SMILES string of the molecule is NCCNS(=O)(=O)c1cccc2c1OCCO2. The van der Waals surface area contributed by atoms with Gasteiger partial charge in [0.1, 0.15) is 18.1 Å². The van der Waals surface area contributed by atoms with Gasteiger partial charge >= 0.3 is 0 Å². The Kier molecular flexibility index (Phi) is 3.51. The van der Waals surface area contributed by atoms with Crippen LogP contribution in [0.3, 0.4) is 0 Å². The molecule has 17 heavy (non-hydrogen) atoms. The first-order chi connectivity index (χ1) is 8.15. The predicted octanol–water partition coefficient (Wildman–Crippen LogP) is -0.305. The lowest BCUT2D eigenvalue weighted by Crippen LogP contribution is -2.30. The first kappa shape index (κ1) is 12.2. The largest absolute Gasteiger partial charge is 0.486 e. The van der Waals surface area contributed by atoms with Gasteiger partial charge in [0.05, 0.1) is 0 Å². The summed E-state index contributed by atoms with van der Waals surface area (Å²) in [6.45, 7) is 1.20. The van der Waals surface area contributed by atoms with Crippen LogP contribution >= 0.6 is 0 Å². The van der Waals surface area contributed by atoms with Crippen molar-refractivity contribution in [3.8, 4) is 11.5 Å². The third kappa shape index (κ3) is 2.51. The highest BCUT2D eigenvalue weighted by atomic mass is 32.2. The predicted molar refractivity (Wildman–Crippen MR) is 61.7 cm³/mol. The summed E-state index contributed by atoms with van der Waals surface area (Å²) in [5, 5.41) is 0. The van der Waals surface area contributed by atoms with E-state index in [1.165, 1.54) is 6.07 Å². The molecule has 2 rings (SSSR count). The quantitative estimate of drug-likeness (QED) is 0.773. The van der Waals surface area contributed by atoms with Gasteiger partial charge in [-0.3, -0.25) is 0 Å². The topological polar surface area (TPSA) is 90.7 Å². The van der Waals surface area contributed by atoms with Crippen molar-refractivity contribution >= 4 is 10.0 Å². The minimum atomic E-state index is -3.60. The van der Waals surface area contributed by atoms with Gasteiger partial charge in [-0.2, -0.15) is 0 Å². The molecule has 0 saturated heterocycles. The second kappa shape index (κ2) is 4.91. The molecule has 0 saturated carbocycles. The van der Waals surface area contributed by atoms with Gasteiger partial charge in [0.2, 0.25) is 10.0 Å². The summed E-state index contributed by atoms with van der Waals surface area (Å²) in [4.78, 5) is 0.0863. The molecule has 94 valence electrons. The van der Waals surface area contributed by atoms with E-state index < -0.39 is 10.0 Å². The zero-order valence-electron chi connectivity index (χ0n) is 9.18. The summed E-state index contributed by atoms with van der Waals surface area (Å²) >= 11 is 0. The molecule has 0 amide bonds. The van der Waals surface area contributed by atoms with E-state index >= 15 is 0 Å². The number of hydrogen-bond acceptors (Lipinski definition) is 5. The Balaban J connectivity index is 2.38. The highest BCUT2D eigenvalue weighted by Gasteiger charge is 2.24. The van der Waals surface area contributed by atoms with Crippen LogP contribution in [0.4, 0.5) is 0 Å². The van der Waals surface area contributed by atoms with Crippen molar-refractivity contribution in [3.63, 3.8) is 0 Å². The number of nitrogens with two attached hydrogens (primary N) is 1. The van der Waals surface area contributed by atoms with Crippen molar-refractivity contribution in [2.75, 3.05) is 26.3 Å². The molecule has 0 aliphatic carbocycles. The molecule has 0 aromatic heterocycles. The van der Waals surface area contributed by atoms with E-state index in [1.54, 1.807) is 12.1 Å². The summed E-state index contributed by atoms with van der Waals surface area (Å²) in [7, 11) is -3.60. The average Bonchev–Trinajstić information content (AvgIpc) is 2.36. The maximum Gasteiger partial charge on any atom is 0.244 e. The molecular formula is C10H14N2O4S. The first-order valence-electron chi connectivity index (χ1n) is 5.23. The molecule has 0 radical (unpaired) electrons. The van der Waals surface area contributed by atoms with E-state index in [0.717, 1.165) is 0 Å². The second-order valence-electron chi connectivity index (χ2n) is 3.47. The number of hydrogen-bond donors (Lipinski definition) is 2. The molecule has 1 aromatic rings. The number of nitrogens with one attached hydrogen (secondary N) is 1. The number of fused-ring (bicyclic) bond motifs is 1. The third-order valence-corrected chi connectivity index (χ3v) is 3.74. The van der Waals surface area contributed by atoms with E-state index in [2.05, 4.69) is 4.72 Å². The summed E-state index contributed by atoms with van der Waals surface area (Å²) in [6.07, 6.45) is 0. The average molecular weight is 258 g/mol. The molecule has 0 fully saturated rings. The van der Waals surface area contributed by atoms with E-state index in [9.17, 15) is 8.42 Å². The van der Waals surface area contributed by atoms with Gasteiger partial charge in [0, 0.05) is 13.1 Å². The van der Waals surface area contributed by atoms with Crippen LogP contribution in [0.25, 0.3) is 0 Å². The Morgan fingerprint density at radius 3 is 2.82 bits per heavy atom. The molecule has 3 N–H and O–H groups in total. The summed E-state index contributed by atoms with van der Waals surface area (Å²) in [6, 6.07) is 4.77. The van der Waals surface area contributed by atoms with E-state index in [-0.39, 0.29) is 23.7 Å². The van der Waals surface area contributed by atoms with Crippen LogP contribution in [-0.2, 0) is 10.0 Å². The number of para-hydroxylation sites is 1. The van der Waals surface area contributed by atoms with Crippen molar-refractivity contribution in [2.24, 2.45) is 5.73 Å². The van der Waals surface area contributed by atoms with Gasteiger partial charge in [-0.05, 0) is 12.1 Å².